The normalized spacial score (nSPS) is 20.2. The number of benzene rings is 1. The van der Waals surface area contributed by atoms with Crippen LogP contribution >= 0.6 is 0 Å². The molecule has 1 heterocycles. The van der Waals surface area contributed by atoms with E-state index in [1.807, 2.05) is 44.2 Å². The number of esters is 1. The van der Waals surface area contributed by atoms with Gasteiger partial charge < -0.3 is 19.4 Å². The number of rotatable bonds is 5. The SMILES string of the molecule is CC(C)C(C#CC(=O)O[C@H]1COC(C)(C)O1)N(O)Cc1ccccc1. The topological polar surface area (TPSA) is 68.2 Å². The number of hydrogen-bond acceptors (Lipinski definition) is 6. The Morgan fingerprint density at radius 3 is 2.64 bits per heavy atom. The highest BCUT2D eigenvalue weighted by molar-refractivity contribution is 5.88. The van der Waals surface area contributed by atoms with Crippen LogP contribution in [0.2, 0.25) is 0 Å². The number of carbonyl (C=O) groups is 1. The number of hydroxylamine groups is 2. The molecular formula is C19H25NO5. The molecule has 1 aliphatic rings. The predicted octanol–water partition coefficient (Wildman–Crippen LogP) is 2.56. The minimum absolute atomic E-state index is 0.0269. The Morgan fingerprint density at radius 1 is 1.40 bits per heavy atom. The quantitative estimate of drug-likeness (QED) is 0.382. The van der Waals surface area contributed by atoms with E-state index >= 15 is 0 Å². The van der Waals surface area contributed by atoms with E-state index in [1.165, 1.54) is 0 Å². The predicted molar refractivity (Wildman–Crippen MR) is 91.2 cm³/mol. The van der Waals surface area contributed by atoms with Gasteiger partial charge in [0.25, 0.3) is 0 Å². The van der Waals surface area contributed by atoms with Gasteiger partial charge in [-0.2, -0.15) is 5.06 Å². The molecule has 0 aromatic heterocycles. The molecule has 136 valence electrons. The highest BCUT2D eigenvalue weighted by Gasteiger charge is 2.34. The van der Waals surface area contributed by atoms with Crippen molar-refractivity contribution >= 4 is 5.97 Å². The monoisotopic (exact) mass is 347 g/mol. The zero-order valence-electron chi connectivity index (χ0n) is 15.1. The average molecular weight is 347 g/mol. The first kappa shape index (κ1) is 19.4. The second-order valence-electron chi connectivity index (χ2n) is 6.70. The van der Waals surface area contributed by atoms with Crippen molar-refractivity contribution in [3.8, 4) is 11.8 Å². The molecule has 1 aromatic rings. The molecule has 0 amide bonds. The maximum atomic E-state index is 11.9. The van der Waals surface area contributed by atoms with Gasteiger partial charge in [-0.25, -0.2) is 4.79 Å². The van der Waals surface area contributed by atoms with Gasteiger partial charge in [-0.15, -0.1) is 0 Å². The lowest BCUT2D eigenvalue weighted by Crippen LogP contribution is -2.35. The smallest absolute Gasteiger partial charge is 0.386 e. The van der Waals surface area contributed by atoms with Crippen molar-refractivity contribution in [1.29, 1.82) is 0 Å². The van der Waals surface area contributed by atoms with E-state index in [2.05, 4.69) is 11.8 Å². The summed E-state index contributed by atoms with van der Waals surface area (Å²) in [5.74, 6) is 3.78. The summed E-state index contributed by atoms with van der Waals surface area (Å²) in [4.78, 5) is 11.9. The summed E-state index contributed by atoms with van der Waals surface area (Å²) in [5.41, 5.74) is 0.957. The Kier molecular flexibility index (Phi) is 6.57. The van der Waals surface area contributed by atoms with Gasteiger partial charge in [-0.3, -0.25) is 0 Å². The standard InChI is InChI=1S/C19H25NO5/c1-14(2)16(20(22)12-15-8-6-5-7-9-15)10-11-17(21)24-18-13-23-19(3,4)25-18/h5-9,14,16,18,22H,12-13H2,1-4H3/t16?,18-/m1/s1. The number of carbonyl (C=O) groups excluding carboxylic acids is 1. The first-order chi connectivity index (χ1) is 11.8. The van der Waals surface area contributed by atoms with Crippen molar-refractivity contribution < 1.29 is 24.2 Å². The van der Waals surface area contributed by atoms with E-state index in [-0.39, 0.29) is 12.5 Å². The van der Waals surface area contributed by atoms with Crippen molar-refractivity contribution in [3.63, 3.8) is 0 Å². The van der Waals surface area contributed by atoms with Crippen LogP contribution in [0.15, 0.2) is 30.3 Å². The molecule has 0 aliphatic carbocycles. The summed E-state index contributed by atoms with van der Waals surface area (Å²) in [7, 11) is 0. The highest BCUT2D eigenvalue weighted by Crippen LogP contribution is 2.22. The molecule has 6 heteroatoms. The van der Waals surface area contributed by atoms with E-state index < -0.39 is 24.1 Å². The van der Waals surface area contributed by atoms with Gasteiger partial charge in [0.15, 0.2) is 5.79 Å². The van der Waals surface area contributed by atoms with Crippen molar-refractivity contribution in [3.05, 3.63) is 35.9 Å². The average Bonchev–Trinajstić information content (AvgIpc) is 2.86. The highest BCUT2D eigenvalue weighted by atomic mass is 16.8. The number of nitrogens with zero attached hydrogens (tertiary/aromatic N) is 1. The molecule has 6 nitrogen and oxygen atoms in total. The molecule has 0 spiro atoms. The third kappa shape index (κ3) is 6.15. The van der Waals surface area contributed by atoms with Crippen LogP contribution < -0.4 is 0 Å². The summed E-state index contributed by atoms with van der Waals surface area (Å²) in [6, 6.07) is 9.06. The molecule has 0 saturated carbocycles. The second-order valence-corrected chi connectivity index (χ2v) is 6.70. The number of hydrogen-bond donors (Lipinski definition) is 1. The van der Waals surface area contributed by atoms with Gasteiger partial charge in [0.05, 0.1) is 12.6 Å². The second kappa shape index (κ2) is 8.45. The van der Waals surface area contributed by atoms with E-state index in [9.17, 15) is 10.0 Å². The maximum absolute atomic E-state index is 11.9. The zero-order chi connectivity index (χ0) is 18.4. The van der Waals surface area contributed by atoms with Crippen molar-refractivity contribution in [2.75, 3.05) is 6.61 Å². The molecule has 0 bridgehead atoms. The summed E-state index contributed by atoms with van der Waals surface area (Å²) < 4.78 is 15.8. The lowest BCUT2D eigenvalue weighted by molar-refractivity contribution is -0.193. The third-order valence-electron chi connectivity index (χ3n) is 3.68. The Morgan fingerprint density at radius 2 is 2.08 bits per heavy atom. The van der Waals surface area contributed by atoms with Crippen molar-refractivity contribution in [2.24, 2.45) is 5.92 Å². The van der Waals surface area contributed by atoms with Crippen molar-refractivity contribution in [1.82, 2.24) is 5.06 Å². The van der Waals surface area contributed by atoms with E-state index in [1.54, 1.807) is 13.8 Å². The van der Waals surface area contributed by atoms with Crippen LogP contribution in [0.1, 0.15) is 33.3 Å². The van der Waals surface area contributed by atoms with Gasteiger partial charge in [-0.05, 0) is 25.3 Å². The van der Waals surface area contributed by atoms with Gasteiger partial charge in [0, 0.05) is 5.92 Å². The maximum Gasteiger partial charge on any atom is 0.386 e. The van der Waals surface area contributed by atoms with Crippen molar-refractivity contribution in [2.45, 2.75) is 52.4 Å². The fourth-order valence-corrected chi connectivity index (χ4v) is 2.45. The minimum atomic E-state index is -0.767. The van der Waals surface area contributed by atoms with Crippen LogP contribution in [0.5, 0.6) is 0 Å². The Labute approximate surface area is 148 Å². The molecular weight excluding hydrogens is 322 g/mol. The Bertz CT molecular complexity index is 632. The molecule has 25 heavy (non-hydrogen) atoms. The molecule has 2 rings (SSSR count). The Hall–Kier alpha value is -1.91. The number of ether oxygens (including phenoxy) is 3. The van der Waals surface area contributed by atoms with Crippen LogP contribution in [-0.2, 0) is 25.5 Å². The third-order valence-corrected chi connectivity index (χ3v) is 3.68. The molecule has 1 fully saturated rings. The lowest BCUT2D eigenvalue weighted by atomic mass is 10.0. The zero-order valence-corrected chi connectivity index (χ0v) is 15.1. The molecule has 1 aromatic carbocycles. The molecule has 1 saturated heterocycles. The van der Waals surface area contributed by atoms with Gasteiger partial charge in [-0.1, -0.05) is 50.1 Å². The lowest BCUT2D eigenvalue weighted by Gasteiger charge is -2.24. The summed E-state index contributed by atoms with van der Waals surface area (Å²) in [5, 5.41) is 11.5. The van der Waals surface area contributed by atoms with E-state index in [0.29, 0.717) is 6.54 Å². The summed E-state index contributed by atoms with van der Waals surface area (Å²) in [6.07, 6.45) is -0.760. The van der Waals surface area contributed by atoms with Crippen LogP contribution in [-0.4, -0.2) is 41.0 Å². The molecule has 0 radical (unpaired) electrons. The van der Waals surface area contributed by atoms with Crippen LogP contribution in [0.25, 0.3) is 0 Å². The summed E-state index contributed by atoms with van der Waals surface area (Å²) >= 11 is 0. The van der Waals surface area contributed by atoms with Crippen LogP contribution in [0.3, 0.4) is 0 Å². The fourth-order valence-electron chi connectivity index (χ4n) is 2.45. The summed E-state index contributed by atoms with van der Waals surface area (Å²) in [6.45, 7) is 7.84. The minimum Gasteiger partial charge on any atom is -0.423 e. The van der Waals surface area contributed by atoms with Gasteiger partial charge >= 0.3 is 5.97 Å². The molecule has 1 N–H and O–H groups in total. The van der Waals surface area contributed by atoms with E-state index in [4.69, 9.17) is 14.2 Å². The van der Waals surface area contributed by atoms with E-state index in [0.717, 1.165) is 10.6 Å². The van der Waals surface area contributed by atoms with Crippen LogP contribution in [0.4, 0.5) is 0 Å². The largest absolute Gasteiger partial charge is 0.423 e. The molecule has 1 aliphatic heterocycles. The fraction of sp³-hybridized carbons (Fsp3) is 0.526. The van der Waals surface area contributed by atoms with Crippen LogP contribution in [0, 0.1) is 17.8 Å². The first-order valence-corrected chi connectivity index (χ1v) is 8.30. The van der Waals surface area contributed by atoms with Gasteiger partial charge in [0.2, 0.25) is 6.29 Å². The molecule has 1 unspecified atom stereocenters. The van der Waals surface area contributed by atoms with Gasteiger partial charge in [0.1, 0.15) is 6.61 Å². The Balaban J connectivity index is 1.94. The molecule has 2 atom stereocenters. The first-order valence-electron chi connectivity index (χ1n) is 8.30.